The zero-order valence-corrected chi connectivity index (χ0v) is 21.5. The van der Waals surface area contributed by atoms with Crippen LogP contribution in [0.15, 0.2) is 83.3 Å². The van der Waals surface area contributed by atoms with E-state index in [0.717, 1.165) is 39.1 Å². The second-order valence-electron chi connectivity index (χ2n) is 9.55. The van der Waals surface area contributed by atoms with Gasteiger partial charge in [-0.3, -0.25) is 0 Å². The molecule has 196 valence electrons. The number of phenols is 3. The van der Waals surface area contributed by atoms with Gasteiger partial charge in [0.15, 0.2) is 0 Å². The molecule has 1 atom stereocenters. The van der Waals surface area contributed by atoms with Gasteiger partial charge >= 0.3 is 11.3 Å². The first-order chi connectivity index (χ1) is 18.9. The maximum absolute atomic E-state index is 11.1. The zero-order valence-electron chi connectivity index (χ0n) is 21.5. The highest BCUT2D eigenvalue weighted by Crippen LogP contribution is 2.44. The second kappa shape index (κ2) is 9.76. The van der Waals surface area contributed by atoms with Crippen molar-refractivity contribution in [2.45, 2.75) is 12.3 Å². The number of hydrogen-bond acceptors (Lipinski definition) is 6. The molecule has 2 heterocycles. The number of rotatable bonds is 5. The van der Waals surface area contributed by atoms with Gasteiger partial charge in [-0.05, 0) is 60.5 Å². The Morgan fingerprint density at radius 1 is 0.769 bits per heavy atom. The van der Waals surface area contributed by atoms with Crippen LogP contribution in [0.3, 0.4) is 0 Å². The number of benzene rings is 4. The average Bonchev–Trinajstić information content (AvgIpc) is 2.96. The summed E-state index contributed by atoms with van der Waals surface area (Å²) in [5.74, 6) is 2.77. The summed E-state index contributed by atoms with van der Waals surface area (Å²) in [4.78, 5) is 0. The monoisotopic (exact) mass is 523 g/mol. The minimum atomic E-state index is -0.0932. The molecule has 0 saturated carbocycles. The predicted octanol–water partition coefficient (Wildman–Crippen LogP) is 6.90. The molecule has 39 heavy (non-hydrogen) atoms. The van der Waals surface area contributed by atoms with Crippen molar-refractivity contribution in [3.8, 4) is 56.9 Å². The highest BCUT2D eigenvalue weighted by atomic mass is 16.5. The summed E-state index contributed by atoms with van der Waals surface area (Å²) in [6.45, 7) is 0.394. The maximum atomic E-state index is 11.1. The van der Waals surface area contributed by atoms with E-state index in [0.29, 0.717) is 35.7 Å². The van der Waals surface area contributed by atoms with Crippen molar-refractivity contribution in [1.29, 1.82) is 0 Å². The lowest BCUT2D eigenvalue weighted by molar-refractivity contribution is 0.258. The summed E-state index contributed by atoms with van der Waals surface area (Å²) < 4.78 is 22.9. The third-order valence-electron chi connectivity index (χ3n) is 7.18. The van der Waals surface area contributed by atoms with E-state index in [2.05, 4.69) is 0 Å². The van der Waals surface area contributed by atoms with Gasteiger partial charge in [0.2, 0.25) is 0 Å². The highest BCUT2D eigenvalue weighted by molar-refractivity contribution is 5.98. The quantitative estimate of drug-likeness (QED) is 0.216. The molecule has 7 nitrogen and oxygen atoms in total. The Kier molecular flexibility index (Phi) is 6.11. The highest BCUT2D eigenvalue weighted by Gasteiger charge is 2.29. The fraction of sp³-hybridized carbons (Fsp3) is 0.156. The summed E-state index contributed by atoms with van der Waals surface area (Å²) in [7, 11) is 3.17. The Labute approximate surface area is 225 Å². The maximum Gasteiger partial charge on any atom is 0.365 e. The van der Waals surface area contributed by atoms with E-state index in [-0.39, 0.29) is 23.2 Å². The second-order valence-corrected chi connectivity index (χ2v) is 9.55. The lowest BCUT2D eigenvalue weighted by atomic mass is 9.88. The van der Waals surface area contributed by atoms with E-state index in [1.54, 1.807) is 62.8 Å². The summed E-state index contributed by atoms with van der Waals surface area (Å²) in [6.07, 6.45) is 0.685. The van der Waals surface area contributed by atoms with E-state index in [4.69, 9.17) is 18.6 Å². The lowest BCUT2D eigenvalue weighted by Crippen LogP contribution is -2.19. The molecule has 0 amide bonds. The van der Waals surface area contributed by atoms with Gasteiger partial charge in [0.05, 0.1) is 43.9 Å². The number of ether oxygens (including phenoxy) is 3. The normalized spacial score (nSPS) is 14.5. The van der Waals surface area contributed by atoms with Crippen LogP contribution in [-0.2, 0) is 6.42 Å². The molecule has 1 aliphatic rings. The minimum absolute atomic E-state index is 0.0528. The first kappa shape index (κ1) is 24.4. The van der Waals surface area contributed by atoms with Crippen molar-refractivity contribution in [2.24, 2.45) is 0 Å². The van der Waals surface area contributed by atoms with Gasteiger partial charge in [-0.15, -0.1) is 0 Å². The first-order valence-corrected chi connectivity index (χ1v) is 12.5. The fourth-order valence-corrected chi connectivity index (χ4v) is 5.10. The van der Waals surface area contributed by atoms with Crippen LogP contribution in [0.4, 0.5) is 0 Å². The lowest BCUT2D eigenvalue weighted by Gasteiger charge is -2.26. The van der Waals surface area contributed by atoms with Gasteiger partial charge in [0.1, 0.15) is 34.5 Å². The first-order valence-electron chi connectivity index (χ1n) is 12.5. The van der Waals surface area contributed by atoms with Crippen LogP contribution in [-0.4, -0.2) is 36.1 Å². The number of methoxy groups -OCH3 is 2. The number of hydrogen-bond donors (Lipinski definition) is 3. The van der Waals surface area contributed by atoms with Crippen LogP contribution in [0.5, 0.6) is 34.5 Å². The molecule has 6 rings (SSSR count). The molecule has 0 bridgehead atoms. The SMILES string of the molecule is COc1ccc(-c2cc(-c3ccc(O)cc3)[o+]c3cc(O)c(C4COc5cc(OC)ccc5C4)cc23)c(O)c1. The molecule has 3 N–H and O–H groups in total. The van der Waals surface area contributed by atoms with Gasteiger partial charge in [0.25, 0.3) is 0 Å². The Balaban J connectivity index is 1.50. The molecule has 1 aliphatic heterocycles. The smallest absolute Gasteiger partial charge is 0.365 e. The molecular formula is C32H27O7+. The van der Waals surface area contributed by atoms with Crippen LogP contribution < -0.4 is 14.2 Å². The summed E-state index contributed by atoms with van der Waals surface area (Å²) in [5.41, 5.74) is 4.26. The minimum Gasteiger partial charge on any atom is -0.508 e. The van der Waals surface area contributed by atoms with Gasteiger partial charge in [-0.2, -0.15) is 0 Å². The zero-order chi connectivity index (χ0) is 27.1. The van der Waals surface area contributed by atoms with Crippen LogP contribution >= 0.6 is 0 Å². The fourth-order valence-electron chi connectivity index (χ4n) is 5.10. The largest absolute Gasteiger partial charge is 0.508 e. The van der Waals surface area contributed by atoms with E-state index >= 15 is 0 Å². The molecule has 7 heteroatoms. The molecule has 0 aliphatic carbocycles. The Bertz CT molecular complexity index is 1690. The standard InChI is InChI=1S/C32H26O7/c1-36-22-9-10-24(28(34)12-22)26-15-31(18-3-6-21(33)7-4-18)39-32-16-29(35)25(14-27(26)32)20-11-19-5-8-23(37-2)13-30(19)38-17-20/h3-10,12-16,20H,11,17H2,1-2H3,(H2-,33,34,35)/p+1. The van der Waals surface area contributed by atoms with Crippen molar-refractivity contribution < 1.29 is 33.9 Å². The molecule has 1 unspecified atom stereocenters. The molecule has 0 spiro atoms. The summed E-state index contributed by atoms with van der Waals surface area (Å²) in [5, 5.41) is 32.5. The van der Waals surface area contributed by atoms with Crippen LogP contribution in [0.25, 0.3) is 33.4 Å². The molecule has 5 aromatic rings. The number of phenolic OH excluding ortho intramolecular Hbond substituents is 3. The topological polar surface area (TPSA) is 99.7 Å². The summed E-state index contributed by atoms with van der Waals surface area (Å²) in [6, 6.07) is 22.9. The number of fused-ring (bicyclic) bond motifs is 2. The van der Waals surface area contributed by atoms with E-state index in [1.165, 1.54) is 0 Å². The molecule has 0 fully saturated rings. The average molecular weight is 524 g/mol. The van der Waals surface area contributed by atoms with Gasteiger partial charge in [0, 0.05) is 34.7 Å². The van der Waals surface area contributed by atoms with E-state index in [1.807, 2.05) is 30.3 Å². The van der Waals surface area contributed by atoms with E-state index < -0.39 is 0 Å². The number of aromatic hydroxyl groups is 3. The Morgan fingerprint density at radius 3 is 2.26 bits per heavy atom. The third kappa shape index (κ3) is 4.52. The van der Waals surface area contributed by atoms with E-state index in [9.17, 15) is 15.3 Å². The Morgan fingerprint density at radius 2 is 1.51 bits per heavy atom. The van der Waals surface area contributed by atoms with Crippen molar-refractivity contribution in [3.05, 3.63) is 90.0 Å². The van der Waals surface area contributed by atoms with Crippen LogP contribution in [0.2, 0.25) is 0 Å². The summed E-state index contributed by atoms with van der Waals surface area (Å²) >= 11 is 0. The van der Waals surface area contributed by atoms with Crippen LogP contribution in [0, 0.1) is 0 Å². The van der Waals surface area contributed by atoms with Gasteiger partial charge in [-0.1, -0.05) is 6.07 Å². The molecular weight excluding hydrogens is 496 g/mol. The molecule has 0 saturated heterocycles. The van der Waals surface area contributed by atoms with Crippen molar-refractivity contribution in [3.63, 3.8) is 0 Å². The molecule has 1 aromatic heterocycles. The molecule has 0 radical (unpaired) electrons. The van der Waals surface area contributed by atoms with Gasteiger partial charge in [-0.25, -0.2) is 4.42 Å². The van der Waals surface area contributed by atoms with Crippen molar-refractivity contribution >= 4 is 11.0 Å². The predicted molar refractivity (Wildman–Crippen MR) is 148 cm³/mol. The van der Waals surface area contributed by atoms with Crippen LogP contribution in [0.1, 0.15) is 17.0 Å². The third-order valence-corrected chi connectivity index (χ3v) is 7.18. The Hall–Kier alpha value is -4.91. The molecule has 4 aromatic carbocycles. The van der Waals surface area contributed by atoms with Gasteiger partial charge < -0.3 is 29.5 Å². The van der Waals surface area contributed by atoms with Crippen molar-refractivity contribution in [1.82, 2.24) is 0 Å². The van der Waals surface area contributed by atoms with Crippen molar-refractivity contribution in [2.75, 3.05) is 20.8 Å².